The molecule has 4 rings (SSSR count). The molecule has 1 aromatic carbocycles. The Morgan fingerprint density at radius 3 is 2.33 bits per heavy atom. The molecule has 2 heterocycles. The van der Waals surface area contributed by atoms with Crippen LogP contribution in [0.5, 0.6) is 0 Å². The van der Waals surface area contributed by atoms with Gasteiger partial charge < -0.3 is 20.1 Å². The monoisotopic (exact) mass is 590 g/mol. The van der Waals surface area contributed by atoms with E-state index in [0.29, 0.717) is 38.8 Å². The number of hydrogen-bond donors (Lipinski definition) is 2. The van der Waals surface area contributed by atoms with Crippen LogP contribution in [-0.2, 0) is 15.8 Å². The van der Waals surface area contributed by atoms with Gasteiger partial charge in [0, 0.05) is 19.2 Å². The lowest BCUT2D eigenvalue weighted by Crippen LogP contribution is -2.57. The molecular formula is C31H41F3N4O4. The molecule has 1 saturated heterocycles. The number of piperidine rings is 1. The summed E-state index contributed by atoms with van der Waals surface area (Å²) in [5.41, 5.74) is -0.368. The van der Waals surface area contributed by atoms with E-state index in [2.05, 4.69) is 15.8 Å². The molecule has 11 heteroatoms. The van der Waals surface area contributed by atoms with Gasteiger partial charge in [0.05, 0.1) is 11.8 Å². The summed E-state index contributed by atoms with van der Waals surface area (Å²) in [7, 11) is 0. The maximum Gasteiger partial charge on any atom is 0.416 e. The van der Waals surface area contributed by atoms with Crippen LogP contribution >= 0.6 is 0 Å². The first-order valence-corrected chi connectivity index (χ1v) is 15.0. The van der Waals surface area contributed by atoms with E-state index >= 15 is 0 Å². The second-order valence-electron chi connectivity index (χ2n) is 11.7. The number of aromatic nitrogens is 1. The number of benzene rings is 1. The van der Waals surface area contributed by atoms with Gasteiger partial charge >= 0.3 is 6.18 Å². The molecule has 3 amide bonds. The molecule has 0 spiro atoms. The highest BCUT2D eigenvalue weighted by atomic mass is 19.4. The lowest BCUT2D eigenvalue weighted by Gasteiger charge is -2.37. The number of carbonyl (C=O) groups is 3. The van der Waals surface area contributed by atoms with Crippen molar-refractivity contribution in [2.75, 3.05) is 13.1 Å². The first-order valence-electron chi connectivity index (χ1n) is 15.0. The third-order valence-corrected chi connectivity index (χ3v) is 8.87. The van der Waals surface area contributed by atoms with Gasteiger partial charge in [-0.05, 0) is 48.6 Å². The summed E-state index contributed by atoms with van der Waals surface area (Å²) in [4.78, 5) is 41.8. The van der Waals surface area contributed by atoms with Crippen LogP contribution in [0.25, 0.3) is 0 Å². The van der Waals surface area contributed by atoms with Gasteiger partial charge in [0.25, 0.3) is 5.91 Å². The Bertz CT molecular complexity index is 1190. The fourth-order valence-electron chi connectivity index (χ4n) is 6.21. The molecule has 42 heavy (non-hydrogen) atoms. The highest BCUT2D eigenvalue weighted by Gasteiger charge is 2.38. The number of nitrogens with one attached hydrogen (secondary N) is 2. The van der Waals surface area contributed by atoms with Crippen molar-refractivity contribution in [1.82, 2.24) is 20.7 Å². The van der Waals surface area contributed by atoms with Crippen LogP contribution in [0.15, 0.2) is 41.1 Å². The number of hydrogen-bond acceptors (Lipinski definition) is 5. The standard InChI is InChI=1S/C31H41F3N4O4/c1-3-20(2)27(30(41)38-17-14-22(15-18-38)23-11-7-8-12-24(23)31(32,33)34)37-28(39)25(19-21-9-5-4-6-10-21)36-29(40)26-13-16-35-42-26/h7-8,11-13,16,20-22,25,27H,3-6,9-10,14-15,17-19H2,1-2H3,(H,36,40)(H,37,39)/t20-,25-,27-/m0/s1. The molecule has 0 radical (unpaired) electrons. The summed E-state index contributed by atoms with van der Waals surface area (Å²) >= 11 is 0. The van der Waals surface area contributed by atoms with E-state index < -0.39 is 35.6 Å². The number of carbonyl (C=O) groups excluding carboxylic acids is 3. The van der Waals surface area contributed by atoms with Crippen LogP contribution in [-0.4, -0.2) is 53.0 Å². The fraction of sp³-hybridized carbons (Fsp3) is 0.613. The number of amides is 3. The van der Waals surface area contributed by atoms with Crippen molar-refractivity contribution in [3.63, 3.8) is 0 Å². The third kappa shape index (κ3) is 7.92. The maximum absolute atomic E-state index is 13.7. The predicted molar refractivity (Wildman–Crippen MR) is 150 cm³/mol. The largest absolute Gasteiger partial charge is 0.416 e. The number of rotatable bonds is 10. The van der Waals surface area contributed by atoms with Crippen LogP contribution in [0, 0.1) is 11.8 Å². The van der Waals surface area contributed by atoms with Crippen LogP contribution in [0.4, 0.5) is 13.2 Å². The molecule has 0 bridgehead atoms. The SMILES string of the molecule is CC[C@H](C)[C@H](NC(=O)[C@H](CC1CCCCC1)NC(=O)c1ccno1)C(=O)N1CCC(c2ccccc2C(F)(F)F)CC1. The normalized spacial score (nSPS) is 19.1. The lowest BCUT2D eigenvalue weighted by molar-refractivity contribution is -0.140. The zero-order chi connectivity index (χ0) is 30.3. The third-order valence-electron chi connectivity index (χ3n) is 8.87. The Kier molecular flexibility index (Phi) is 10.7. The van der Waals surface area contributed by atoms with Crippen LogP contribution < -0.4 is 10.6 Å². The van der Waals surface area contributed by atoms with Gasteiger partial charge in [0.1, 0.15) is 12.1 Å². The van der Waals surface area contributed by atoms with E-state index in [1.807, 2.05) is 13.8 Å². The molecular weight excluding hydrogens is 549 g/mol. The number of likely N-dealkylation sites (tertiary alicyclic amines) is 1. The average molecular weight is 591 g/mol. The summed E-state index contributed by atoms with van der Waals surface area (Å²) in [6, 6.07) is 5.38. The number of alkyl halides is 3. The van der Waals surface area contributed by atoms with E-state index in [0.717, 1.165) is 38.2 Å². The quantitative estimate of drug-likeness (QED) is 0.370. The molecule has 2 fully saturated rings. The minimum Gasteiger partial charge on any atom is -0.351 e. The zero-order valence-corrected chi connectivity index (χ0v) is 24.3. The lowest BCUT2D eigenvalue weighted by atomic mass is 9.84. The van der Waals surface area contributed by atoms with Gasteiger partial charge in [-0.1, -0.05) is 75.7 Å². The molecule has 1 aromatic heterocycles. The first-order chi connectivity index (χ1) is 20.1. The molecule has 0 unspecified atom stereocenters. The molecule has 230 valence electrons. The molecule has 2 aromatic rings. The van der Waals surface area contributed by atoms with Crippen molar-refractivity contribution in [3.05, 3.63) is 53.4 Å². The molecule has 1 aliphatic heterocycles. The van der Waals surface area contributed by atoms with Crippen LogP contribution in [0.3, 0.4) is 0 Å². The van der Waals surface area contributed by atoms with Gasteiger partial charge in [-0.3, -0.25) is 14.4 Å². The molecule has 1 saturated carbocycles. The van der Waals surface area contributed by atoms with E-state index in [1.165, 1.54) is 24.4 Å². The highest BCUT2D eigenvalue weighted by Crippen LogP contribution is 2.38. The van der Waals surface area contributed by atoms with Gasteiger partial charge in [-0.25, -0.2) is 0 Å². The fourth-order valence-corrected chi connectivity index (χ4v) is 6.21. The molecule has 3 atom stereocenters. The predicted octanol–water partition coefficient (Wildman–Crippen LogP) is 5.70. The Morgan fingerprint density at radius 2 is 1.71 bits per heavy atom. The summed E-state index contributed by atoms with van der Waals surface area (Å²) in [6.45, 7) is 4.42. The van der Waals surface area contributed by atoms with E-state index in [1.54, 1.807) is 11.0 Å². The van der Waals surface area contributed by atoms with Crippen molar-refractivity contribution < 1.29 is 32.1 Å². The first kappa shape index (κ1) is 31.6. The maximum atomic E-state index is 13.7. The molecule has 2 N–H and O–H groups in total. The van der Waals surface area contributed by atoms with Crippen molar-refractivity contribution in [3.8, 4) is 0 Å². The van der Waals surface area contributed by atoms with Crippen molar-refractivity contribution in [1.29, 1.82) is 0 Å². The van der Waals surface area contributed by atoms with E-state index in [4.69, 9.17) is 4.52 Å². The summed E-state index contributed by atoms with van der Waals surface area (Å²) in [5.74, 6) is -1.45. The summed E-state index contributed by atoms with van der Waals surface area (Å²) < 4.78 is 45.8. The van der Waals surface area contributed by atoms with E-state index in [-0.39, 0.29) is 35.0 Å². The van der Waals surface area contributed by atoms with Crippen molar-refractivity contribution >= 4 is 17.7 Å². The van der Waals surface area contributed by atoms with E-state index in [9.17, 15) is 27.6 Å². The van der Waals surface area contributed by atoms with Gasteiger partial charge in [-0.15, -0.1) is 0 Å². The Hall–Kier alpha value is -3.37. The molecule has 8 nitrogen and oxygen atoms in total. The molecule has 1 aliphatic carbocycles. The van der Waals surface area contributed by atoms with Gasteiger partial charge in [0.15, 0.2) is 0 Å². The zero-order valence-electron chi connectivity index (χ0n) is 24.3. The van der Waals surface area contributed by atoms with Crippen LogP contribution in [0.1, 0.15) is 99.2 Å². The Labute approximate surface area is 244 Å². The average Bonchev–Trinajstić information content (AvgIpc) is 3.54. The highest BCUT2D eigenvalue weighted by molar-refractivity contribution is 5.96. The smallest absolute Gasteiger partial charge is 0.351 e. The molecule has 2 aliphatic rings. The van der Waals surface area contributed by atoms with Gasteiger partial charge in [-0.2, -0.15) is 13.2 Å². The van der Waals surface area contributed by atoms with Gasteiger partial charge in [0.2, 0.25) is 17.6 Å². The summed E-state index contributed by atoms with van der Waals surface area (Å²) in [5, 5.41) is 9.29. The number of nitrogens with zero attached hydrogens (tertiary/aromatic N) is 2. The minimum absolute atomic E-state index is 0.000893. The van der Waals surface area contributed by atoms with Crippen molar-refractivity contribution in [2.24, 2.45) is 11.8 Å². The minimum atomic E-state index is -4.44. The van der Waals surface area contributed by atoms with Crippen molar-refractivity contribution in [2.45, 2.75) is 95.8 Å². The second-order valence-corrected chi connectivity index (χ2v) is 11.7. The topological polar surface area (TPSA) is 105 Å². The Morgan fingerprint density at radius 1 is 1.02 bits per heavy atom. The Balaban J connectivity index is 1.44. The summed E-state index contributed by atoms with van der Waals surface area (Å²) in [6.07, 6.45) is 4.06. The second kappa shape index (κ2) is 14.2. The number of halogens is 3. The van der Waals surface area contributed by atoms with Crippen LogP contribution in [0.2, 0.25) is 0 Å².